The smallest absolute Gasteiger partial charge is 0.254 e. The summed E-state index contributed by atoms with van der Waals surface area (Å²) in [5.41, 5.74) is 8.71. The van der Waals surface area contributed by atoms with E-state index in [0.717, 1.165) is 23.1 Å². The van der Waals surface area contributed by atoms with Crippen LogP contribution in [0.4, 0.5) is 0 Å². The minimum absolute atomic E-state index is 0.0788. The van der Waals surface area contributed by atoms with Crippen molar-refractivity contribution in [2.24, 2.45) is 17.1 Å². The van der Waals surface area contributed by atoms with Gasteiger partial charge < -0.3 is 10.6 Å². The molecule has 2 fully saturated rings. The summed E-state index contributed by atoms with van der Waals surface area (Å²) >= 11 is 0. The molecule has 2 N–H and O–H groups in total. The van der Waals surface area contributed by atoms with Crippen LogP contribution in [0.2, 0.25) is 0 Å². The van der Waals surface area contributed by atoms with E-state index in [1.807, 2.05) is 49.4 Å². The van der Waals surface area contributed by atoms with Gasteiger partial charge in [-0.25, -0.2) is 0 Å². The van der Waals surface area contributed by atoms with Gasteiger partial charge in [0.2, 0.25) is 5.91 Å². The summed E-state index contributed by atoms with van der Waals surface area (Å²) in [5.74, 6) is -0.293. The Morgan fingerprint density at radius 3 is 2.64 bits per heavy atom. The number of amides is 2. The summed E-state index contributed by atoms with van der Waals surface area (Å²) < 4.78 is 0. The highest BCUT2D eigenvalue weighted by atomic mass is 16.2. The van der Waals surface area contributed by atoms with Crippen molar-refractivity contribution in [1.29, 1.82) is 0 Å². The highest BCUT2D eigenvalue weighted by Gasteiger charge is 2.68. The minimum Gasteiger partial charge on any atom is -0.369 e. The van der Waals surface area contributed by atoms with Crippen LogP contribution >= 0.6 is 0 Å². The number of carbonyl (C=O) groups is 2. The Morgan fingerprint density at radius 1 is 1.20 bits per heavy atom. The minimum atomic E-state index is -0.555. The number of benzene rings is 2. The van der Waals surface area contributed by atoms with Gasteiger partial charge in [0.25, 0.3) is 5.91 Å². The molecule has 1 saturated heterocycles. The first kappa shape index (κ1) is 15.9. The largest absolute Gasteiger partial charge is 0.369 e. The van der Waals surface area contributed by atoms with Crippen LogP contribution in [0.25, 0.3) is 11.1 Å². The van der Waals surface area contributed by atoms with Crippen LogP contribution in [0.3, 0.4) is 0 Å². The van der Waals surface area contributed by atoms with Crippen LogP contribution in [0, 0.1) is 25.2 Å². The van der Waals surface area contributed by atoms with Gasteiger partial charge >= 0.3 is 0 Å². The highest BCUT2D eigenvalue weighted by molar-refractivity contribution is 6.02. The van der Waals surface area contributed by atoms with Gasteiger partial charge in [0.15, 0.2) is 0 Å². The molecule has 2 aromatic rings. The van der Waals surface area contributed by atoms with Crippen LogP contribution in [0.15, 0.2) is 48.5 Å². The van der Waals surface area contributed by atoms with Gasteiger partial charge in [0.05, 0.1) is 5.41 Å². The lowest BCUT2D eigenvalue weighted by Crippen LogP contribution is -2.39. The SMILES string of the molecule is [CH2][C@H]1[C@H]2C[C@]2(C(N)=O)CN1C(=O)c1ccccc1-c1cccc(C)c1. The van der Waals surface area contributed by atoms with Crippen LogP contribution in [0.5, 0.6) is 0 Å². The van der Waals surface area contributed by atoms with E-state index < -0.39 is 5.41 Å². The Balaban J connectivity index is 1.70. The monoisotopic (exact) mass is 333 g/mol. The molecule has 1 aliphatic carbocycles. The molecule has 0 unspecified atom stereocenters. The maximum absolute atomic E-state index is 13.2. The fraction of sp³-hybridized carbons (Fsp3) is 0.286. The van der Waals surface area contributed by atoms with Gasteiger partial charge in [0, 0.05) is 18.2 Å². The number of aryl methyl sites for hydroxylation is 1. The Labute approximate surface area is 147 Å². The Bertz CT molecular complexity index is 876. The fourth-order valence-electron chi connectivity index (χ4n) is 4.13. The second-order valence-corrected chi connectivity index (χ2v) is 7.25. The number of hydrogen-bond donors (Lipinski definition) is 1. The standard InChI is InChI=1S/C21H21N2O2/c1-13-6-5-7-15(10-13)16-8-3-4-9-17(16)19(24)23-12-21(20(22)25)11-18(21)14(23)2/h3-10,14,18H,2,11-12H2,1H3,(H2,22,25)/t14-,18+,21-/m0/s1. The van der Waals surface area contributed by atoms with E-state index in [9.17, 15) is 9.59 Å². The van der Waals surface area contributed by atoms with Crippen LogP contribution < -0.4 is 5.73 Å². The molecule has 1 saturated carbocycles. The third-order valence-electron chi connectivity index (χ3n) is 5.69. The summed E-state index contributed by atoms with van der Waals surface area (Å²) in [6, 6.07) is 15.5. The molecule has 1 aliphatic heterocycles. The fourth-order valence-corrected chi connectivity index (χ4v) is 4.13. The Morgan fingerprint density at radius 2 is 1.96 bits per heavy atom. The number of carbonyl (C=O) groups excluding carboxylic acids is 2. The molecule has 4 heteroatoms. The average molecular weight is 333 g/mol. The van der Waals surface area contributed by atoms with E-state index in [2.05, 4.69) is 13.0 Å². The highest BCUT2D eigenvalue weighted by Crippen LogP contribution is 2.60. The number of nitrogens with two attached hydrogens (primary N) is 1. The molecule has 2 aliphatic rings. The van der Waals surface area contributed by atoms with Gasteiger partial charge in [-0.15, -0.1) is 0 Å². The number of piperidine rings is 1. The summed E-state index contributed by atoms with van der Waals surface area (Å²) in [6.07, 6.45) is 0.750. The van der Waals surface area contributed by atoms with Crippen molar-refractivity contribution in [3.05, 3.63) is 66.6 Å². The van der Waals surface area contributed by atoms with Crippen molar-refractivity contribution < 1.29 is 9.59 Å². The first-order chi connectivity index (χ1) is 11.9. The molecule has 1 heterocycles. The van der Waals surface area contributed by atoms with Crippen LogP contribution in [-0.4, -0.2) is 29.3 Å². The predicted octanol–water partition coefficient (Wildman–Crippen LogP) is 2.81. The van der Waals surface area contributed by atoms with E-state index >= 15 is 0 Å². The Kier molecular flexibility index (Phi) is 3.46. The normalized spacial score (nSPS) is 27.0. The van der Waals surface area contributed by atoms with E-state index in [4.69, 9.17) is 5.73 Å². The maximum atomic E-state index is 13.2. The Hall–Kier alpha value is -2.62. The van der Waals surface area contributed by atoms with Crippen LogP contribution in [-0.2, 0) is 4.79 Å². The lowest BCUT2D eigenvalue weighted by Gasteiger charge is -2.26. The van der Waals surface area contributed by atoms with E-state index in [0.29, 0.717) is 12.1 Å². The second kappa shape index (κ2) is 5.45. The molecular weight excluding hydrogens is 312 g/mol. The number of rotatable bonds is 3. The molecule has 2 aromatic carbocycles. The van der Waals surface area contributed by atoms with Gasteiger partial charge in [-0.2, -0.15) is 0 Å². The zero-order valence-corrected chi connectivity index (χ0v) is 14.2. The van der Waals surface area contributed by atoms with Gasteiger partial charge in [-0.1, -0.05) is 48.0 Å². The van der Waals surface area contributed by atoms with Crippen molar-refractivity contribution in [2.45, 2.75) is 19.4 Å². The van der Waals surface area contributed by atoms with E-state index in [-0.39, 0.29) is 23.8 Å². The van der Waals surface area contributed by atoms with Crippen molar-refractivity contribution in [3.63, 3.8) is 0 Å². The molecule has 0 bridgehead atoms. The number of fused-ring (bicyclic) bond motifs is 1. The van der Waals surface area contributed by atoms with Gasteiger partial charge in [-0.05, 0) is 43.4 Å². The molecule has 127 valence electrons. The number of hydrogen-bond acceptors (Lipinski definition) is 2. The van der Waals surface area contributed by atoms with Crippen molar-refractivity contribution in [3.8, 4) is 11.1 Å². The van der Waals surface area contributed by atoms with Gasteiger partial charge in [0.1, 0.15) is 0 Å². The molecule has 4 rings (SSSR count). The number of nitrogens with zero attached hydrogens (tertiary/aromatic N) is 1. The lowest BCUT2D eigenvalue weighted by atomic mass is 9.97. The van der Waals surface area contributed by atoms with Crippen molar-refractivity contribution in [1.82, 2.24) is 4.90 Å². The third kappa shape index (κ3) is 2.36. The predicted molar refractivity (Wildman–Crippen MR) is 96.5 cm³/mol. The average Bonchev–Trinajstić information content (AvgIpc) is 3.28. The number of likely N-dealkylation sites (tertiary alicyclic amines) is 1. The molecule has 0 spiro atoms. The lowest BCUT2D eigenvalue weighted by molar-refractivity contribution is -0.123. The zero-order valence-electron chi connectivity index (χ0n) is 14.2. The molecule has 25 heavy (non-hydrogen) atoms. The maximum Gasteiger partial charge on any atom is 0.254 e. The first-order valence-electron chi connectivity index (χ1n) is 8.54. The van der Waals surface area contributed by atoms with E-state index in [1.54, 1.807) is 4.90 Å². The topological polar surface area (TPSA) is 63.4 Å². The van der Waals surface area contributed by atoms with Gasteiger partial charge in [-0.3, -0.25) is 9.59 Å². The summed E-state index contributed by atoms with van der Waals surface area (Å²) in [7, 11) is 0. The summed E-state index contributed by atoms with van der Waals surface area (Å²) in [6.45, 7) is 6.54. The number of primary amides is 1. The third-order valence-corrected chi connectivity index (χ3v) is 5.69. The molecule has 1 radical (unpaired) electrons. The summed E-state index contributed by atoms with van der Waals surface area (Å²) in [5, 5.41) is 0. The van der Waals surface area contributed by atoms with E-state index in [1.165, 1.54) is 0 Å². The molecule has 0 aromatic heterocycles. The van der Waals surface area contributed by atoms with Crippen LogP contribution in [0.1, 0.15) is 22.3 Å². The molecule has 4 nitrogen and oxygen atoms in total. The quantitative estimate of drug-likeness (QED) is 0.939. The molecular formula is C21H21N2O2. The van der Waals surface area contributed by atoms with Crippen molar-refractivity contribution in [2.75, 3.05) is 6.54 Å². The summed E-state index contributed by atoms with van der Waals surface area (Å²) in [4.78, 5) is 26.7. The zero-order chi connectivity index (χ0) is 17.8. The molecule has 3 atom stereocenters. The second-order valence-electron chi connectivity index (χ2n) is 7.25. The first-order valence-corrected chi connectivity index (χ1v) is 8.54. The van der Waals surface area contributed by atoms with Crippen molar-refractivity contribution >= 4 is 11.8 Å². The molecule has 2 amide bonds.